The van der Waals surface area contributed by atoms with Gasteiger partial charge in [-0.1, -0.05) is 13.8 Å². The van der Waals surface area contributed by atoms with E-state index in [0.717, 1.165) is 0 Å². The second-order valence-electron chi connectivity index (χ2n) is 2.99. The molecule has 0 saturated heterocycles. The van der Waals surface area contributed by atoms with Gasteiger partial charge in [-0.3, -0.25) is 4.79 Å². The first kappa shape index (κ1) is 10.9. The Morgan fingerprint density at radius 1 is 1.58 bits per heavy atom. The molecule has 0 bridgehead atoms. The quantitative estimate of drug-likeness (QED) is 0.481. The van der Waals surface area contributed by atoms with Gasteiger partial charge in [0.15, 0.2) is 0 Å². The van der Waals surface area contributed by atoms with Gasteiger partial charge in [0.05, 0.1) is 7.11 Å². The molecular weight excluding hydrogens is 158 g/mol. The highest BCUT2D eigenvalue weighted by atomic mass is 16.5. The third-order valence-corrected chi connectivity index (χ3v) is 1.46. The molecule has 0 saturated carbocycles. The van der Waals surface area contributed by atoms with E-state index < -0.39 is 12.0 Å². The number of esters is 1. The topological polar surface area (TPSA) is 55.4 Å². The van der Waals surface area contributed by atoms with Crippen LogP contribution in [0, 0.1) is 5.92 Å². The van der Waals surface area contributed by atoms with Crippen LogP contribution in [0.3, 0.4) is 0 Å². The highest BCUT2D eigenvalue weighted by Crippen LogP contribution is 2.05. The zero-order valence-electron chi connectivity index (χ0n) is 7.66. The van der Waals surface area contributed by atoms with Gasteiger partial charge in [-0.25, -0.2) is 4.79 Å². The van der Waals surface area contributed by atoms with Crippen LogP contribution in [0.1, 0.15) is 20.3 Å². The molecule has 1 N–H and O–H groups in total. The van der Waals surface area contributed by atoms with E-state index in [1.54, 1.807) is 0 Å². The summed E-state index contributed by atoms with van der Waals surface area (Å²) in [5, 5.41) is 2.41. The SMILES string of the molecule is COC(=O)[C@H](CC(C)C)NC=O. The van der Waals surface area contributed by atoms with Crippen molar-refractivity contribution in [2.45, 2.75) is 26.3 Å². The largest absolute Gasteiger partial charge is 0.467 e. The van der Waals surface area contributed by atoms with E-state index in [9.17, 15) is 9.59 Å². The fraction of sp³-hybridized carbons (Fsp3) is 0.750. The van der Waals surface area contributed by atoms with E-state index >= 15 is 0 Å². The van der Waals surface area contributed by atoms with Gasteiger partial charge in [0, 0.05) is 0 Å². The molecule has 0 unspecified atom stereocenters. The molecule has 4 nitrogen and oxygen atoms in total. The number of hydrogen-bond donors (Lipinski definition) is 1. The molecule has 0 aromatic heterocycles. The number of amides is 1. The lowest BCUT2D eigenvalue weighted by Gasteiger charge is -2.14. The van der Waals surface area contributed by atoms with Gasteiger partial charge in [0.2, 0.25) is 6.41 Å². The summed E-state index contributed by atoms with van der Waals surface area (Å²) in [4.78, 5) is 21.1. The smallest absolute Gasteiger partial charge is 0.328 e. The summed E-state index contributed by atoms with van der Waals surface area (Å²) in [6, 6.07) is -0.507. The Morgan fingerprint density at radius 3 is 2.50 bits per heavy atom. The van der Waals surface area contributed by atoms with Crippen molar-refractivity contribution in [2.24, 2.45) is 5.92 Å². The zero-order valence-corrected chi connectivity index (χ0v) is 7.66. The molecule has 12 heavy (non-hydrogen) atoms. The van der Waals surface area contributed by atoms with Crippen LogP contribution < -0.4 is 5.32 Å². The Kier molecular flexibility index (Phi) is 5.08. The van der Waals surface area contributed by atoms with Crippen LogP contribution >= 0.6 is 0 Å². The van der Waals surface area contributed by atoms with Crippen LogP contribution in [0.5, 0.6) is 0 Å². The molecule has 0 aliphatic rings. The Labute approximate surface area is 72.3 Å². The van der Waals surface area contributed by atoms with Crippen molar-refractivity contribution in [3.8, 4) is 0 Å². The van der Waals surface area contributed by atoms with E-state index in [2.05, 4.69) is 10.1 Å². The number of carbonyl (C=O) groups is 2. The number of nitrogens with one attached hydrogen (secondary N) is 1. The van der Waals surface area contributed by atoms with Crippen molar-refractivity contribution in [3.05, 3.63) is 0 Å². The molecule has 0 aromatic carbocycles. The monoisotopic (exact) mass is 173 g/mol. The van der Waals surface area contributed by atoms with Crippen molar-refractivity contribution in [1.29, 1.82) is 0 Å². The molecule has 0 aromatic rings. The van der Waals surface area contributed by atoms with Crippen molar-refractivity contribution < 1.29 is 14.3 Å². The van der Waals surface area contributed by atoms with E-state index in [-0.39, 0.29) is 0 Å². The molecule has 0 rings (SSSR count). The van der Waals surface area contributed by atoms with Crippen molar-refractivity contribution >= 4 is 12.4 Å². The van der Waals surface area contributed by atoms with Crippen molar-refractivity contribution in [1.82, 2.24) is 5.32 Å². The van der Waals surface area contributed by atoms with Crippen molar-refractivity contribution in [2.75, 3.05) is 7.11 Å². The average Bonchev–Trinajstić information content (AvgIpc) is 2.01. The van der Waals surface area contributed by atoms with Gasteiger partial charge in [-0.2, -0.15) is 0 Å². The van der Waals surface area contributed by atoms with Gasteiger partial charge < -0.3 is 10.1 Å². The molecule has 4 heteroatoms. The number of hydrogen-bond acceptors (Lipinski definition) is 3. The number of ether oxygens (including phenoxy) is 1. The highest BCUT2D eigenvalue weighted by Gasteiger charge is 2.18. The molecule has 0 spiro atoms. The van der Waals surface area contributed by atoms with E-state index in [1.807, 2.05) is 13.8 Å². The first-order valence-electron chi connectivity index (χ1n) is 3.89. The molecule has 0 fully saturated rings. The first-order chi connectivity index (χ1) is 5.61. The fourth-order valence-electron chi connectivity index (χ4n) is 0.928. The second kappa shape index (κ2) is 5.57. The van der Waals surface area contributed by atoms with E-state index in [1.165, 1.54) is 7.11 Å². The Hall–Kier alpha value is -1.06. The summed E-state index contributed by atoms with van der Waals surface area (Å²) in [7, 11) is 1.31. The summed E-state index contributed by atoms with van der Waals surface area (Å²) >= 11 is 0. The lowest BCUT2D eigenvalue weighted by Crippen LogP contribution is -2.37. The minimum Gasteiger partial charge on any atom is -0.467 e. The normalized spacial score (nSPS) is 12.3. The van der Waals surface area contributed by atoms with Gasteiger partial charge in [-0.05, 0) is 12.3 Å². The number of methoxy groups -OCH3 is 1. The zero-order chi connectivity index (χ0) is 9.56. The minimum atomic E-state index is -0.507. The van der Waals surface area contributed by atoms with Gasteiger partial charge in [-0.15, -0.1) is 0 Å². The second-order valence-corrected chi connectivity index (χ2v) is 2.99. The van der Waals surface area contributed by atoms with E-state index in [0.29, 0.717) is 18.7 Å². The summed E-state index contributed by atoms with van der Waals surface area (Å²) in [6.45, 7) is 3.95. The predicted molar refractivity (Wildman–Crippen MR) is 44.5 cm³/mol. The summed E-state index contributed by atoms with van der Waals surface area (Å²) in [5.74, 6) is -0.0441. The summed E-state index contributed by atoms with van der Waals surface area (Å²) in [5.41, 5.74) is 0. The number of rotatable bonds is 5. The van der Waals surface area contributed by atoms with Crippen LogP contribution in [0.2, 0.25) is 0 Å². The standard InChI is InChI=1S/C8H15NO3/c1-6(2)4-7(9-5-10)8(11)12-3/h5-7H,4H2,1-3H3,(H,9,10)/t7-/m0/s1. The summed E-state index contributed by atoms with van der Waals surface area (Å²) < 4.78 is 4.51. The summed E-state index contributed by atoms with van der Waals surface area (Å²) in [6.07, 6.45) is 1.12. The Bertz CT molecular complexity index is 156. The van der Waals surface area contributed by atoms with E-state index in [4.69, 9.17) is 0 Å². The number of carbonyl (C=O) groups excluding carboxylic acids is 2. The molecule has 0 heterocycles. The van der Waals surface area contributed by atoms with Crippen LogP contribution in [0.25, 0.3) is 0 Å². The maximum absolute atomic E-state index is 11.0. The van der Waals surface area contributed by atoms with Crippen LogP contribution in [0.15, 0.2) is 0 Å². The molecule has 1 atom stereocenters. The maximum atomic E-state index is 11.0. The van der Waals surface area contributed by atoms with Crippen molar-refractivity contribution in [3.63, 3.8) is 0 Å². The lowest BCUT2D eigenvalue weighted by atomic mass is 10.0. The van der Waals surface area contributed by atoms with Gasteiger partial charge in [0.25, 0.3) is 0 Å². The average molecular weight is 173 g/mol. The Morgan fingerprint density at radius 2 is 2.17 bits per heavy atom. The molecule has 1 amide bonds. The van der Waals surface area contributed by atoms with Crippen LogP contribution in [-0.2, 0) is 14.3 Å². The molecular formula is C8H15NO3. The highest BCUT2D eigenvalue weighted by molar-refractivity contribution is 5.77. The molecule has 0 aliphatic carbocycles. The molecule has 0 radical (unpaired) electrons. The fourth-order valence-corrected chi connectivity index (χ4v) is 0.928. The lowest BCUT2D eigenvalue weighted by molar-refractivity contribution is -0.144. The van der Waals surface area contributed by atoms with Crippen LogP contribution in [0.4, 0.5) is 0 Å². The third-order valence-electron chi connectivity index (χ3n) is 1.46. The first-order valence-corrected chi connectivity index (χ1v) is 3.89. The minimum absolute atomic E-state index is 0.349. The predicted octanol–water partition coefficient (Wildman–Crippen LogP) is 0.320. The Balaban J connectivity index is 4.02. The third kappa shape index (κ3) is 3.95. The molecule has 0 aliphatic heterocycles. The molecule has 70 valence electrons. The van der Waals surface area contributed by atoms with Gasteiger partial charge >= 0.3 is 5.97 Å². The van der Waals surface area contributed by atoms with Gasteiger partial charge in [0.1, 0.15) is 6.04 Å². The maximum Gasteiger partial charge on any atom is 0.328 e. The van der Waals surface area contributed by atoms with Crippen LogP contribution in [-0.4, -0.2) is 25.5 Å².